The first-order valence-electron chi connectivity index (χ1n) is 9.09. The predicted molar refractivity (Wildman–Crippen MR) is 114 cm³/mol. The fourth-order valence-corrected chi connectivity index (χ4v) is 2.91. The maximum Gasteiger partial charge on any atom is 0.191 e. The lowest BCUT2D eigenvalue weighted by Gasteiger charge is -2.25. The zero-order chi connectivity index (χ0) is 17.2. The van der Waals surface area contributed by atoms with Gasteiger partial charge in [-0.25, -0.2) is 0 Å². The molecule has 2 rings (SSSR count). The number of aryl methyl sites for hydroxylation is 1. The molecule has 3 N–H and O–H groups in total. The van der Waals surface area contributed by atoms with Crippen LogP contribution in [0.4, 0.5) is 0 Å². The number of halogens is 1. The number of nitrogens with zero attached hydrogens (tertiary/aromatic N) is 1. The normalized spacial score (nSPS) is 16.7. The van der Waals surface area contributed by atoms with Gasteiger partial charge in [-0.1, -0.05) is 31.4 Å². The molecule has 1 unspecified atom stereocenters. The van der Waals surface area contributed by atoms with Gasteiger partial charge in [0.1, 0.15) is 18.5 Å². The molecule has 1 aliphatic rings. The molecule has 0 saturated heterocycles. The maximum atomic E-state index is 10.1. The molecule has 1 aliphatic carbocycles. The number of nitrogens with one attached hydrogen (secondary N) is 2. The van der Waals surface area contributed by atoms with Crippen molar-refractivity contribution in [3.63, 3.8) is 0 Å². The fraction of sp³-hybridized carbons (Fsp3) is 0.632. The molecule has 0 spiro atoms. The van der Waals surface area contributed by atoms with Gasteiger partial charge in [0.2, 0.25) is 0 Å². The summed E-state index contributed by atoms with van der Waals surface area (Å²) < 4.78 is 5.63. The molecule has 6 heteroatoms. The Morgan fingerprint density at radius 3 is 2.76 bits per heavy atom. The largest absolute Gasteiger partial charge is 0.491 e. The number of benzene rings is 1. The monoisotopic (exact) mass is 461 g/mol. The average molecular weight is 461 g/mol. The molecule has 1 saturated carbocycles. The van der Waals surface area contributed by atoms with Crippen LogP contribution in [-0.2, 0) is 0 Å². The van der Waals surface area contributed by atoms with E-state index in [0.29, 0.717) is 12.6 Å². The van der Waals surface area contributed by atoms with E-state index in [4.69, 9.17) is 4.74 Å². The molecule has 0 radical (unpaired) electrons. The molecule has 142 valence electrons. The minimum atomic E-state index is -0.618. The van der Waals surface area contributed by atoms with Crippen LogP contribution in [0.15, 0.2) is 29.3 Å². The van der Waals surface area contributed by atoms with Crippen LogP contribution >= 0.6 is 24.0 Å². The van der Waals surface area contributed by atoms with Crippen molar-refractivity contribution < 1.29 is 9.84 Å². The van der Waals surface area contributed by atoms with Gasteiger partial charge in [-0.15, -0.1) is 24.0 Å². The van der Waals surface area contributed by atoms with Gasteiger partial charge in [0.05, 0.1) is 6.54 Å². The van der Waals surface area contributed by atoms with E-state index < -0.39 is 6.10 Å². The molecular weight excluding hydrogens is 429 g/mol. The molecule has 1 aromatic rings. The van der Waals surface area contributed by atoms with Gasteiger partial charge in [0.15, 0.2) is 5.96 Å². The summed E-state index contributed by atoms with van der Waals surface area (Å²) in [6.07, 6.45) is 5.68. The van der Waals surface area contributed by atoms with Crippen molar-refractivity contribution in [2.75, 3.05) is 19.7 Å². The number of guanidine groups is 1. The van der Waals surface area contributed by atoms with Gasteiger partial charge in [-0.05, 0) is 44.4 Å². The number of ether oxygens (including phenoxy) is 1. The van der Waals surface area contributed by atoms with E-state index in [1.54, 1.807) is 0 Å². The fourth-order valence-electron chi connectivity index (χ4n) is 2.91. The minimum Gasteiger partial charge on any atom is -0.491 e. The van der Waals surface area contributed by atoms with Gasteiger partial charge in [-0.3, -0.25) is 4.99 Å². The number of hydrogen-bond donors (Lipinski definition) is 3. The first-order valence-corrected chi connectivity index (χ1v) is 9.09. The summed E-state index contributed by atoms with van der Waals surface area (Å²) in [5.74, 6) is 1.57. The van der Waals surface area contributed by atoms with Crippen molar-refractivity contribution in [1.82, 2.24) is 10.6 Å². The number of hydrogen-bond acceptors (Lipinski definition) is 3. The van der Waals surface area contributed by atoms with Crippen molar-refractivity contribution in [2.24, 2.45) is 4.99 Å². The summed E-state index contributed by atoms with van der Waals surface area (Å²) in [7, 11) is 0. The van der Waals surface area contributed by atoms with Crippen LogP contribution in [0.5, 0.6) is 5.75 Å². The van der Waals surface area contributed by atoms with E-state index in [9.17, 15) is 5.11 Å². The quantitative estimate of drug-likeness (QED) is 0.332. The lowest BCUT2D eigenvalue weighted by Crippen LogP contribution is -2.44. The van der Waals surface area contributed by atoms with Crippen LogP contribution < -0.4 is 15.4 Å². The lowest BCUT2D eigenvalue weighted by atomic mass is 9.96. The van der Waals surface area contributed by atoms with E-state index >= 15 is 0 Å². The van der Waals surface area contributed by atoms with E-state index in [-0.39, 0.29) is 30.6 Å². The molecule has 25 heavy (non-hydrogen) atoms. The van der Waals surface area contributed by atoms with Gasteiger partial charge < -0.3 is 20.5 Å². The molecule has 1 aromatic carbocycles. The van der Waals surface area contributed by atoms with Crippen LogP contribution in [0.25, 0.3) is 0 Å². The lowest BCUT2D eigenvalue weighted by molar-refractivity contribution is 0.114. The van der Waals surface area contributed by atoms with Crippen LogP contribution in [0.1, 0.15) is 44.6 Å². The van der Waals surface area contributed by atoms with Crippen molar-refractivity contribution in [2.45, 2.75) is 58.1 Å². The molecule has 0 amide bonds. The van der Waals surface area contributed by atoms with Crippen LogP contribution in [0.2, 0.25) is 0 Å². The highest BCUT2D eigenvalue weighted by molar-refractivity contribution is 14.0. The van der Waals surface area contributed by atoms with Gasteiger partial charge in [-0.2, -0.15) is 0 Å². The Morgan fingerprint density at radius 1 is 1.32 bits per heavy atom. The molecule has 0 aromatic heterocycles. The third-order valence-electron chi connectivity index (χ3n) is 4.18. The Bertz CT molecular complexity index is 519. The highest BCUT2D eigenvalue weighted by atomic mass is 127. The Balaban J connectivity index is 0.00000312. The van der Waals surface area contributed by atoms with Gasteiger partial charge in [0, 0.05) is 12.6 Å². The number of aliphatic hydroxyl groups excluding tert-OH is 1. The summed E-state index contributed by atoms with van der Waals surface area (Å²) in [6.45, 7) is 5.46. The van der Waals surface area contributed by atoms with Crippen molar-refractivity contribution in [1.29, 1.82) is 0 Å². The van der Waals surface area contributed by atoms with E-state index in [2.05, 4.69) is 22.5 Å². The second-order valence-electron chi connectivity index (χ2n) is 6.48. The Morgan fingerprint density at radius 2 is 2.08 bits per heavy atom. The molecule has 0 aliphatic heterocycles. The molecule has 1 fully saturated rings. The number of aliphatic imine (C=N–C) groups is 1. The molecule has 0 bridgehead atoms. The number of aliphatic hydroxyl groups is 1. The summed E-state index contributed by atoms with van der Waals surface area (Å²) in [4.78, 5) is 4.50. The van der Waals surface area contributed by atoms with Crippen LogP contribution in [0, 0.1) is 6.92 Å². The van der Waals surface area contributed by atoms with Crippen molar-refractivity contribution in [3.8, 4) is 5.75 Å². The Kier molecular flexibility index (Phi) is 10.9. The third-order valence-corrected chi connectivity index (χ3v) is 4.18. The van der Waals surface area contributed by atoms with Crippen molar-refractivity contribution in [3.05, 3.63) is 29.8 Å². The van der Waals surface area contributed by atoms with Crippen molar-refractivity contribution >= 4 is 29.9 Å². The first-order chi connectivity index (χ1) is 11.7. The van der Waals surface area contributed by atoms with E-state index in [0.717, 1.165) is 23.8 Å². The van der Waals surface area contributed by atoms with Gasteiger partial charge in [0.25, 0.3) is 0 Å². The molecule has 0 heterocycles. The molecular formula is C19H32IN3O2. The second-order valence-corrected chi connectivity index (χ2v) is 6.48. The van der Waals surface area contributed by atoms with E-state index in [1.165, 1.54) is 32.1 Å². The predicted octanol–water partition coefficient (Wildman–Crippen LogP) is 3.24. The summed E-state index contributed by atoms with van der Waals surface area (Å²) in [6, 6.07) is 8.33. The molecule has 1 atom stereocenters. The smallest absolute Gasteiger partial charge is 0.191 e. The zero-order valence-corrected chi connectivity index (χ0v) is 17.7. The Labute approximate surface area is 168 Å². The van der Waals surface area contributed by atoms with Crippen LogP contribution in [-0.4, -0.2) is 42.9 Å². The molecule has 5 nitrogen and oxygen atoms in total. The zero-order valence-electron chi connectivity index (χ0n) is 15.3. The SMILES string of the molecule is CCNC(=NCC(O)COc1cccc(C)c1)NC1CCCCC1.I. The van der Waals surface area contributed by atoms with E-state index in [1.807, 2.05) is 31.2 Å². The highest BCUT2D eigenvalue weighted by Crippen LogP contribution is 2.17. The van der Waals surface area contributed by atoms with Gasteiger partial charge >= 0.3 is 0 Å². The number of rotatable bonds is 7. The minimum absolute atomic E-state index is 0. The highest BCUT2D eigenvalue weighted by Gasteiger charge is 2.14. The topological polar surface area (TPSA) is 65.9 Å². The van der Waals surface area contributed by atoms with Crippen LogP contribution in [0.3, 0.4) is 0 Å². The maximum absolute atomic E-state index is 10.1. The standard InChI is InChI=1S/C19H31N3O2.HI/c1-3-20-19(22-16-9-5-4-6-10-16)21-13-17(23)14-24-18-11-7-8-15(2)12-18;/h7-8,11-12,16-17,23H,3-6,9-10,13-14H2,1-2H3,(H2,20,21,22);1H. The summed E-state index contributed by atoms with van der Waals surface area (Å²) >= 11 is 0. The second kappa shape index (κ2) is 12.4. The first kappa shape index (κ1) is 22.0. The third kappa shape index (κ3) is 8.76. The summed E-state index contributed by atoms with van der Waals surface area (Å²) in [5, 5.41) is 16.8. The Hall–Kier alpha value is -1.02. The summed E-state index contributed by atoms with van der Waals surface area (Å²) in [5.41, 5.74) is 1.14. The average Bonchev–Trinajstić information content (AvgIpc) is 2.59.